The Labute approximate surface area is 518 Å². The van der Waals surface area contributed by atoms with E-state index < -0.39 is 6.10 Å². The van der Waals surface area contributed by atoms with Crippen LogP contribution in [-0.4, -0.2) is 36.4 Å². The lowest BCUT2D eigenvalue weighted by Crippen LogP contribution is -2.28. The fourth-order valence-electron chi connectivity index (χ4n) is 9.14. The third kappa shape index (κ3) is 69.5. The highest BCUT2D eigenvalue weighted by atomic mass is 16.6. The summed E-state index contributed by atoms with van der Waals surface area (Å²) >= 11 is 0. The molecule has 0 saturated carbocycles. The van der Waals surface area contributed by atoms with Gasteiger partial charge in [-0.25, -0.2) is 0 Å². The molecule has 0 spiro atoms. The number of aliphatic hydroxyl groups is 1. The van der Waals surface area contributed by atoms with Gasteiger partial charge in [0.15, 0.2) is 6.10 Å². The Balaban J connectivity index is 3.55. The predicted molar refractivity (Wildman–Crippen MR) is 370 cm³/mol. The molecule has 0 rings (SSSR count). The molecule has 0 fully saturated rings. The average molecular weight is 1160 g/mol. The van der Waals surface area contributed by atoms with Gasteiger partial charge in [0.25, 0.3) is 0 Å². The maximum Gasteiger partial charge on any atom is 0.306 e. The molecule has 1 N–H and O–H groups in total. The van der Waals surface area contributed by atoms with Crippen molar-refractivity contribution in [3.63, 3.8) is 0 Å². The Hall–Kier alpha value is -5.00. The van der Waals surface area contributed by atoms with Crippen molar-refractivity contribution in [2.24, 2.45) is 0 Å². The molecule has 0 amide bonds. The van der Waals surface area contributed by atoms with Crippen molar-refractivity contribution >= 4 is 11.9 Å². The van der Waals surface area contributed by atoms with E-state index >= 15 is 0 Å². The summed E-state index contributed by atoms with van der Waals surface area (Å²) in [7, 11) is 0. The Morgan fingerprint density at radius 2 is 0.476 bits per heavy atom. The van der Waals surface area contributed by atoms with Gasteiger partial charge >= 0.3 is 11.9 Å². The highest BCUT2D eigenvalue weighted by Gasteiger charge is 2.16. The summed E-state index contributed by atoms with van der Waals surface area (Å²) in [5, 5.41) is 9.70. The molecule has 5 nitrogen and oxygen atoms in total. The maximum atomic E-state index is 12.4. The first-order valence-corrected chi connectivity index (χ1v) is 34.3. The van der Waals surface area contributed by atoms with Gasteiger partial charge in [-0.15, -0.1) is 0 Å². The van der Waals surface area contributed by atoms with E-state index in [2.05, 4.69) is 196 Å². The monoisotopic (exact) mass is 1150 g/mol. The number of carbonyl (C=O) groups excluding carboxylic acids is 2. The van der Waals surface area contributed by atoms with Crippen molar-refractivity contribution in [1.29, 1.82) is 0 Å². The van der Waals surface area contributed by atoms with Crippen molar-refractivity contribution in [2.45, 2.75) is 290 Å². The van der Waals surface area contributed by atoms with Crippen LogP contribution in [0.2, 0.25) is 0 Å². The van der Waals surface area contributed by atoms with Gasteiger partial charge in [0.05, 0.1) is 6.61 Å². The third-order valence-electron chi connectivity index (χ3n) is 14.2. The molecular weight excluding hydrogens is 1030 g/mol. The number of hydrogen-bond donors (Lipinski definition) is 1. The largest absolute Gasteiger partial charge is 0.462 e. The van der Waals surface area contributed by atoms with Gasteiger partial charge in [0.2, 0.25) is 0 Å². The first-order valence-electron chi connectivity index (χ1n) is 34.3. The molecule has 1 unspecified atom stereocenters. The maximum absolute atomic E-state index is 12.4. The zero-order valence-corrected chi connectivity index (χ0v) is 54.1. The predicted octanol–water partition coefficient (Wildman–Crippen LogP) is 24.2. The van der Waals surface area contributed by atoms with Crippen LogP contribution in [-0.2, 0) is 19.1 Å². The third-order valence-corrected chi connectivity index (χ3v) is 14.2. The molecule has 5 heteroatoms. The number of aliphatic hydroxyl groups excluding tert-OH is 1. The summed E-state index contributed by atoms with van der Waals surface area (Å²) in [6.07, 6.45) is 113. The average Bonchev–Trinajstić information content (AvgIpc) is 3.51. The molecule has 84 heavy (non-hydrogen) atoms. The molecule has 0 aliphatic heterocycles. The Morgan fingerprint density at radius 3 is 0.714 bits per heavy atom. The standard InChI is InChI=1S/C79H126O5/c1-3-5-7-9-11-13-15-17-19-21-23-25-27-29-31-33-34-35-36-37-38-39-40-41-42-43-44-46-48-50-52-54-56-58-60-62-64-66-68-70-72-74-79(82)84-77(75-80)76-83-78(81)73-71-69-67-65-63-61-59-57-55-53-51-49-47-45-32-30-28-26-24-22-20-18-16-14-12-10-8-6-4-2/h5-8,11-14,17-20,23-26,29-32,34-35,37-38,40-41,47,49,53,55,77,80H,3-4,9-10,15-16,21-22,27-28,33,36,39,42-46,48,50-52,54,56-76H2,1-2H3/b7-5-,8-6-,13-11-,14-12-,19-17-,20-18-,25-23-,26-24-,31-29-,32-30-,35-34-,38-37-,41-40-,49-47-,55-53-. The number of ether oxygens (including phenoxy) is 2. The van der Waals surface area contributed by atoms with E-state index in [1.807, 2.05) is 0 Å². The molecule has 0 aliphatic rings. The summed E-state index contributed by atoms with van der Waals surface area (Å²) in [5.74, 6) is -0.608. The second-order valence-corrected chi connectivity index (χ2v) is 22.1. The molecule has 0 radical (unpaired) electrons. The van der Waals surface area contributed by atoms with Gasteiger partial charge in [0, 0.05) is 12.8 Å². The molecule has 0 aromatic heterocycles. The van der Waals surface area contributed by atoms with Crippen molar-refractivity contribution in [3.8, 4) is 0 Å². The van der Waals surface area contributed by atoms with Crippen LogP contribution in [0.5, 0.6) is 0 Å². The molecule has 472 valence electrons. The second kappa shape index (κ2) is 72.3. The summed E-state index contributed by atoms with van der Waals surface area (Å²) in [5.41, 5.74) is 0. The van der Waals surface area contributed by atoms with E-state index in [1.165, 1.54) is 116 Å². The van der Waals surface area contributed by atoms with Gasteiger partial charge in [-0.05, 0) is 135 Å². The minimum absolute atomic E-state index is 0.0806. The Kier molecular flexibility index (Phi) is 68.0. The van der Waals surface area contributed by atoms with E-state index in [1.54, 1.807) is 0 Å². The van der Waals surface area contributed by atoms with Crippen LogP contribution in [0.15, 0.2) is 182 Å². The molecule has 1 atom stereocenters. The van der Waals surface area contributed by atoms with Crippen LogP contribution in [0, 0.1) is 0 Å². The molecule has 0 saturated heterocycles. The smallest absolute Gasteiger partial charge is 0.306 e. The Morgan fingerprint density at radius 1 is 0.274 bits per heavy atom. The molecule has 0 bridgehead atoms. The van der Waals surface area contributed by atoms with Gasteiger partial charge in [-0.1, -0.05) is 318 Å². The molecule has 0 aliphatic carbocycles. The Bertz CT molecular complexity index is 1890. The summed E-state index contributed by atoms with van der Waals surface area (Å²) < 4.78 is 10.7. The van der Waals surface area contributed by atoms with E-state index in [0.717, 1.165) is 141 Å². The van der Waals surface area contributed by atoms with Gasteiger partial charge in [-0.2, -0.15) is 0 Å². The number of allylic oxidation sites excluding steroid dienone is 30. The first kappa shape index (κ1) is 79.0. The molecular formula is C79H126O5. The van der Waals surface area contributed by atoms with E-state index in [-0.39, 0.29) is 25.2 Å². The lowest BCUT2D eigenvalue weighted by Gasteiger charge is -2.15. The van der Waals surface area contributed by atoms with Crippen molar-refractivity contribution < 1.29 is 24.2 Å². The minimum Gasteiger partial charge on any atom is -0.462 e. The number of rotatable bonds is 61. The fraction of sp³-hybridized carbons (Fsp3) is 0.595. The highest BCUT2D eigenvalue weighted by Crippen LogP contribution is 2.16. The minimum atomic E-state index is -0.790. The summed E-state index contributed by atoms with van der Waals surface area (Å²) in [6, 6.07) is 0. The second-order valence-electron chi connectivity index (χ2n) is 22.1. The van der Waals surface area contributed by atoms with Crippen LogP contribution >= 0.6 is 0 Å². The van der Waals surface area contributed by atoms with Crippen LogP contribution < -0.4 is 0 Å². The first-order chi connectivity index (χ1) is 41.6. The topological polar surface area (TPSA) is 72.8 Å². The van der Waals surface area contributed by atoms with Crippen LogP contribution in [0.3, 0.4) is 0 Å². The SMILES string of the molecule is CC/C=C\C/C=C\C/C=C\C/C=C\C/C=C\C/C=C\C/C=C\C/C=C\CCCCCCCCCCCCCCCCCCC(=O)OC(CO)COC(=O)CCCCCCCCC/C=C\C/C=C\C/C=C\C/C=C\C/C=C\C/C=C\C/C=C\CC. The molecule has 0 aromatic rings. The van der Waals surface area contributed by atoms with Crippen LogP contribution in [0.25, 0.3) is 0 Å². The van der Waals surface area contributed by atoms with Crippen LogP contribution in [0.4, 0.5) is 0 Å². The van der Waals surface area contributed by atoms with E-state index in [0.29, 0.717) is 12.8 Å². The van der Waals surface area contributed by atoms with E-state index in [9.17, 15) is 14.7 Å². The fourth-order valence-corrected chi connectivity index (χ4v) is 9.14. The molecule has 0 heterocycles. The van der Waals surface area contributed by atoms with E-state index in [4.69, 9.17) is 9.47 Å². The summed E-state index contributed by atoms with van der Waals surface area (Å²) in [6.45, 7) is 3.91. The normalized spacial score (nSPS) is 13.4. The highest BCUT2D eigenvalue weighted by molar-refractivity contribution is 5.70. The number of unbranched alkanes of at least 4 members (excludes halogenated alkanes) is 23. The van der Waals surface area contributed by atoms with Crippen molar-refractivity contribution in [3.05, 3.63) is 182 Å². The lowest BCUT2D eigenvalue weighted by atomic mass is 10.0. The zero-order chi connectivity index (χ0) is 60.5. The molecule has 0 aromatic carbocycles. The number of carbonyl (C=O) groups is 2. The van der Waals surface area contributed by atoms with Crippen molar-refractivity contribution in [1.82, 2.24) is 0 Å². The van der Waals surface area contributed by atoms with Gasteiger partial charge in [0.1, 0.15) is 6.61 Å². The van der Waals surface area contributed by atoms with Crippen LogP contribution in [0.1, 0.15) is 284 Å². The van der Waals surface area contributed by atoms with Crippen molar-refractivity contribution in [2.75, 3.05) is 13.2 Å². The van der Waals surface area contributed by atoms with Gasteiger partial charge < -0.3 is 14.6 Å². The quantitative estimate of drug-likeness (QED) is 0.0373. The number of esters is 2. The lowest BCUT2D eigenvalue weighted by molar-refractivity contribution is -0.161. The summed E-state index contributed by atoms with van der Waals surface area (Å²) in [4.78, 5) is 24.6. The van der Waals surface area contributed by atoms with Gasteiger partial charge in [-0.3, -0.25) is 9.59 Å². The zero-order valence-electron chi connectivity index (χ0n) is 54.1. The number of hydrogen-bond acceptors (Lipinski definition) is 5.